The Hall–Kier alpha value is -2.28. The lowest BCUT2D eigenvalue weighted by Gasteiger charge is -2.23. The van der Waals surface area contributed by atoms with Crippen molar-refractivity contribution in [2.24, 2.45) is 0 Å². The molecule has 1 saturated heterocycles. The molecule has 0 bridgehead atoms. The van der Waals surface area contributed by atoms with E-state index in [4.69, 9.17) is 0 Å². The van der Waals surface area contributed by atoms with E-state index in [2.05, 4.69) is 5.32 Å². The van der Waals surface area contributed by atoms with Crippen LogP contribution in [-0.2, 0) is 20.9 Å². The van der Waals surface area contributed by atoms with Crippen LogP contribution in [0.3, 0.4) is 0 Å². The number of rotatable bonds is 5. The number of carbonyl (C=O) groups is 3. The largest absolute Gasteiger partial charge is 0.350 e. The molecule has 1 aliphatic rings. The number of likely N-dealkylation sites (N-methyl/N-ethyl adjacent to an activating group) is 1. The number of carbonyl (C=O) groups excluding carboxylic acids is 3. The molecule has 0 saturated carbocycles. The maximum absolute atomic E-state index is 13.5. The minimum atomic E-state index is -0.924. The van der Waals surface area contributed by atoms with E-state index in [1.54, 1.807) is 37.2 Å². The maximum atomic E-state index is 13.5. The van der Waals surface area contributed by atoms with Crippen molar-refractivity contribution in [3.05, 3.63) is 35.6 Å². The van der Waals surface area contributed by atoms with Crippen molar-refractivity contribution in [3.63, 3.8) is 0 Å². The Bertz CT molecular complexity index is 633. The zero-order valence-electron chi connectivity index (χ0n) is 13.4. The molecule has 1 aromatic rings. The average molecular weight is 321 g/mol. The second-order valence-corrected chi connectivity index (χ2v) is 5.77. The maximum Gasteiger partial charge on any atom is 0.247 e. The Morgan fingerprint density at radius 3 is 2.61 bits per heavy atom. The van der Waals surface area contributed by atoms with Crippen molar-refractivity contribution < 1.29 is 18.8 Å². The number of hydrogen-bond donors (Lipinski definition) is 1. The molecule has 23 heavy (non-hydrogen) atoms. The molecule has 3 amide bonds. The van der Waals surface area contributed by atoms with Crippen LogP contribution in [0.4, 0.5) is 4.39 Å². The zero-order valence-corrected chi connectivity index (χ0v) is 13.4. The average Bonchev–Trinajstić information content (AvgIpc) is 2.80. The predicted molar refractivity (Wildman–Crippen MR) is 81.7 cm³/mol. The van der Waals surface area contributed by atoms with Gasteiger partial charge in [-0.05, 0) is 27.1 Å². The standard InChI is InChI=1S/C16H20FN3O3/c1-10(20-14(21)8-13(16(20)23)19(2)3)15(22)18-9-11-6-4-5-7-12(11)17/h4-7,10,13H,8-9H2,1-3H3,(H,18,22)/t10-,13?/m1/s1. The Morgan fingerprint density at radius 2 is 2.04 bits per heavy atom. The Morgan fingerprint density at radius 1 is 1.39 bits per heavy atom. The van der Waals surface area contributed by atoms with Crippen LogP contribution in [0.15, 0.2) is 24.3 Å². The van der Waals surface area contributed by atoms with E-state index in [-0.39, 0.29) is 24.8 Å². The molecule has 7 heteroatoms. The van der Waals surface area contributed by atoms with Gasteiger partial charge in [-0.3, -0.25) is 24.2 Å². The lowest BCUT2D eigenvalue weighted by molar-refractivity contribution is -0.147. The summed E-state index contributed by atoms with van der Waals surface area (Å²) in [4.78, 5) is 39.1. The van der Waals surface area contributed by atoms with Crippen molar-refractivity contribution in [2.75, 3.05) is 14.1 Å². The Balaban J connectivity index is 2.01. The normalized spacial score (nSPS) is 19.3. The van der Waals surface area contributed by atoms with Gasteiger partial charge >= 0.3 is 0 Å². The van der Waals surface area contributed by atoms with Crippen LogP contribution in [0.25, 0.3) is 0 Å². The van der Waals surface area contributed by atoms with Gasteiger partial charge in [0.05, 0.1) is 12.5 Å². The third-order valence-electron chi connectivity index (χ3n) is 3.96. The lowest BCUT2D eigenvalue weighted by Crippen LogP contribution is -2.49. The SMILES string of the molecule is C[C@H](C(=O)NCc1ccccc1F)N1C(=O)CC(N(C)C)C1=O. The molecule has 6 nitrogen and oxygen atoms in total. The second-order valence-electron chi connectivity index (χ2n) is 5.77. The van der Waals surface area contributed by atoms with Crippen molar-refractivity contribution in [3.8, 4) is 0 Å². The fraction of sp³-hybridized carbons (Fsp3) is 0.438. The van der Waals surface area contributed by atoms with E-state index in [0.29, 0.717) is 5.56 Å². The number of amides is 3. The van der Waals surface area contributed by atoms with E-state index < -0.39 is 23.8 Å². The molecule has 1 unspecified atom stereocenters. The summed E-state index contributed by atoms with van der Waals surface area (Å²) in [6, 6.07) is 4.64. The Labute approximate surface area is 134 Å². The zero-order chi connectivity index (χ0) is 17.1. The minimum Gasteiger partial charge on any atom is -0.350 e. The molecule has 1 aromatic carbocycles. The number of imide groups is 1. The molecule has 124 valence electrons. The van der Waals surface area contributed by atoms with Crippen molar-refractivity contribution in [1.82, 2.24) is 15.1 Å². The first-order chi connectivity index (χ1) is 10.8. The fourth-order valence-electron chi connectivity index (χ4n) is 2.53. The van der Waals surface area contributed by atoms with Crippen molar-refractivity contribution >= 4 is 17.7 Å². The van der Waals surface area contributed by atoms with Crippen LogP contribution in [0.2, 0.25) is 0 Å². The van der Waals surface area contributed by atoms with Gasteiger partial charge in [0.2, 0.25) is 17.7 Å². The predicted octanol–water partition coefficient (Wildman–Crippen LogP) is 0.520. The van der Waals surface area contributed by atoms with Gasteiger partial charge in [-0.25, -0.2) is 4.39 Å². The number of halogens is 1. The number of likely N-dealkylation sites (tertiary alicyclic amines) is 1. The van der Waals surface area contributed by atoms with Crippen LogP contribution in [0.1, 0.15) is 18.9 Å². The first-order valence-corrected chi connectivity index (χ1v) is 7.36. The van der Waals surface area contributed by atoms with Gasteiger partial charge in [0, 0.05) is 12.1 Å². The third-order valence-corrected chi connectivity index (χ3v) is 3.96. The molecule has 0 aliphatic carbocycles. The van der Waals surface area contributed by atoms with Crippen LogP contribution < -0.4 is 5.32 Å². The Kier molecular flexibility index (Phi) is 5.10. The van der Waals surface area contributed by atoms with Gasteiger partial charge in [0.1, 0.15) is 11.9 Å². The van der Waals surface area contributed by atoms with Crippen LogP contribution >= 0.6 is 0 Å². The summed E-state index contributed by atoms with van der Waals surface area (Å²) in [7, 11) is 3.42. The summed E-state index contributed by atoms with van der Waals surface area (Å²) >= 11 is 0. The second kappa shape index (κ2) is 6.87. The molecule has 2 atom stereocenters. The van der Waals surface area contributed by atoms with Crippen LogP contribution in [0.5, 0.6) is 0 Å². The molecule has 2 rings (SSSR count). The fourth-order valence-corrected chi connectivity index (χ4v) is 2.53. The van der Waals surface area contributed by atoms with Gasteiger partial charge in [-0.15, -0.1) is 0 Å². The summed E-state index contributed by atoms with van der Waals surface area (Å²) in [5.74, 6) is -1.66. The summed E-state index contributed by atoms with van der Waals surface area (Å²) in [6.07, 6.45) is 0.0662. The van der Waals surface area contributed by atoms with Gasteiger partial charge in [-0.1, -0.05) is 18.2 Å². The third kappa shape index (κ3) is 3.56. The van der Waals surface area contributed by atoms with Gasteiger partial charge < -0.3 is 5.32 Å². The molecule has 1 fully saturated rings. The summed E-state index contributed by atoms with van der Waals surface area (Å²) < 4.78 is 13.5. The van der Waals surface area contributed by atoms with Crippen molar-refractivity contribution in [2.45, 2.75) is 32.0 Å². The molecule has 1 heterocycles. The molecule has 1 N–H and O–H groups in total. The van der Waals surface area contributed by atoms with E-state index >= 15 is 0 Å². The number of hydrogen-bond acceptors (Lipinski definition) is 4. The minimum absolute atomic E-state index is 0.00315. The molecular formula is C16H20FN3O3. The van der Waals surface area contributed by atoms with Gasteiger partial charge in [0.15, 0.2) is 0 Å². The van der Waals surface area contributed by atoms with Crippen LogP contribution in [0, 0.1) is 5.82 Å². The number of benzene rings is 1. The van der Waals surface area contributed by atoms with E-state index in [0.717, 1.165) is 4.90 Å². The number of nitrogens with one attached hydrogen (secondary N) is 1. The summed E-state index contributed by atoms with van der Waals surface area (Å²) in [6.45, 7) is 1.49. The highest BCUT2D eigenvalue weighted by atomic mass is 19.1. The highest BCUT2D eigenvalue weighted by Crippen LogP contribution is 2.19. The van der Waals surface area contributed by atoms with E-state index in [1.165, 1.54) is 13.0 Å². The smallest absolute Gasteiger partial charge is 0.247 e. The van der Waals surface area contributed by atoms with Gasteiger partial charge in [-0.2, -0.15) is 0 Å². The van der Waals surface area contributed by atoms with E-state index in [9.17, 15) is 18.8 Å². The lowest BCUT2D eigenvalue weighted by atomic mass is 10.2. The summed E-state index contributed by atoms with van der Waals surface area (Å²) in [5, 5.41) is 2.56. The van der Waals surface area contributed by atoms with E-state index in [1.807, 2.05) is 0 Å². The first kappa shape index (κ1) is 17.1. The number of nitrogens with zero attached hydrogens (tertiary/aromatic N) is 2. The highest BCUT2D eigenvalue weighted by Gasteiger charge is 2.43. The van der Waals surface area contributed by atoms with Gasteiger partial charge in [0.25, 0.3) is 0 Å². The van der Waals surface area contributed by atoms with Crippen molar-refractivity contribution in [1.29, 1.82) is 0 Å². The van der Waals surface area contributed by atoms with Crippen LogP contribution in [-0.4, -0.2) is 53.7 Å². The monoisotopic (exact) mass is 321 g/mol. The summed E-state index contributed by atoms with van der Waals surface area (Å²) in [5.41, 5.74) is 0.346. The topological polar surface area (TPSA) is 69.7 Å². The molecule has 1 aliphatic heterocycles. The quantitative estimate of drug-likeness (QED) is 0.803. The molecule has 0 spiro atoms. The first-order valence-electron chi connectivity index (χ1n) is 7.36. The molecule has 0 radical (unpaired) electrons. The molecular weight excluding hydrogens is 301 g/mol. The molecule has 0 aromatic heterocycles. The highest BCUT2D eigenvalue weighted by molar-refractivity contribution is 6.08.